The summed E-state index contributed by atoms with van der Waals surface area (Å²) < 4.78 is 0. The Bertz CT molecular complexity index is 921. The third-order valence-electron chi connectivity index (χ3n) is 4.64. The van der Waals surface area contributed by atoms with E-state index in [0.29, 0.717) is 17.0 Å². The number of hydrogen-bond donors (Lipinski definition) is 2. The minimum atomic E-state index is -0.474. The van der Waals surface area contributed by atoms with E-state index in [1.807, 2.05) is 19.1 Å². The fraction of sp³-hybridized carbons (Fsp3) is 0.250. The van der Waals surface area contributed by atoms with Gasteiger partial charge >= 0.3 is 0 Å². The van der Waals surface area contributed by atoms with Gasteiger partial charge in [0.05, 0.1) is 6.04 Å². The molecule has 1 aliphatic heterocycles. The molecule has 0 radical (unpaired) electrons. The van der Waals surface area contributed by atoms with Gasteiger partial charge in [-0.3, -0.25) is 14.9 Å². The van der Waals surface area contributed by atoms with Crippen molar-refractivity contribution in [1.82, 2.24) is 5.32 Å². The number of nitriles is 1. The number of nitrogens with zero attached hydrogens (tertiary/aromatic N) is 2. The van der Waals surface area contributed by atoms with Crippen LogP contribution in [0.2, 0.25) is 5.02 Å². The van der Waals surface area contributed by atoms with Crippen LogP contribution in [0.5, 0.6) is 0 Å². The van der Waals surface area contributed by atoms with E-state index in [-0.39, 0.29) is 18.0 Å². The number of hydrogen-bond acceptors (Lipinski definition) is 4. The van der Waals surface area contributed by atoms with Crippen LogP contribution in [-0.2, 0) is 4.79 Å². The van der Waals surface area contributed by atoms with E-state index in [4.69, 9.17) is 16.9 Å². The highest BCUT2D eigenvalue weighted by atomic mass is 35.5. The molecular weight excluding hydrogens is 364 g/mol. The predicted octanol–water partition coefficient (Wildman–Crippen LogP) is 3.85. The normalized spacial score (nSPS) is 18.2. The fourth-order valence-corrected chi connectivity index (χ4v) is 3.62. The van der Waals surface area contributed by atoms with Crippen molar-refractivity contribution in [2.24, 2.45) is 0 Å². The third-order valence-corrected chi connectivity index (χ3v) is 4.89. The zero-order valence-electron chi connectivity index (χ0n) is 15.0. The number of carbonyl (C=O) groups excluding carboxylic acids is 2. The van der Waals surface area contributed by atoms with Crippen molar-refractivity contribution in [3.05, 3.63) is 58.6 Å². The summed E-state index contributed by atoms with van der Waals surface area (Å²) in [7, 11) is 0. The molecule has 1 heterocycles. The lowest BCUT2D eigenvalue weighted by Gasteiger charge is -2.39. The van der Waals surface area contributed by atoms with Gasteiger partial charge in [0.25, 0.3) is 5.91 Å². The van der Waals surface area contributed by atoms with Gasteiger partial charge in [-0.1, -0.05) is 11.6 Å². The summed E-state index contributed by atoms with van der Waals surface area (Å²) in [6.07, 6.45) is 2.32. The highest BCUT2D eigenvalue weighted by molar-refractivity contribution is 6.30. The number of halogens is 1. The first-order valence-corrected chi connectivity index (χ1v) is 8.93. The second kappa shape index (κ2) is 7.68. The van der Waals surface area contributed by atoms with Gasteiger partial charge in [0, 0.05) is 34.9 Å². The largest absolute Gasteiger partial charge is 0.378 e. The highest BCUT2D eigenvalue weighted by Gasteiger charge is 2.33. The quantitative estimate of drug-likeness (QED) is 0.623. The molecule has 27 heavy (non-hydrogen) atoms. The van der Waals surface area contributed by atoms with Crippen molar-refractivity contribution in [3.8, 4) is 6.19 Å². The van der Waals surface area contributed by atoms with Gasteiger partial charge in [0.1, 0.15) is 0 Å². The molecule has 2 N–H and O–H groups in total. The summed E-state index contributed by atoms with van der Waals surface area (Å²) in [5.74, 6) is -0.526. The van der Waals surface area contributed by atoms with E-state index in [1.165, 1.54) is 6.92 Å². The maximum absolute atomic E-state index is 12.2. The van der Waals surface area contributed by atoms with Crippen LogP contribution in [0.1, 0.15) is 42.2 Å². The van der Waals surface area contributed by atoms with Crippen LogP contribution in [-0.4, -0.2) is 17.9 Å². The Morgan fingerprint density at radius 1 is 1.22 bits per heavy atom. The molecule has 0 aliphatic carbocycles. The number of carbonyl (C=O) groups is 2. The van der Waals surface area contributed by atoms with Crippen LogP contribution in [0.15, 0.2) is 42.5 Å². The summed E-state index contributed by atoms with van der Waals surface area (Å²) in [6, 6.07) is 12.4. The topological polar surface area (TPSA) is 85.2 Å². The lowest BCUT2D eigenvalue weighted by molar-refractivity contribution is -0.117. The molecule has 2 amide bonds. The molecule has 0 saturated heterocycles. The van der Waals surface area contributed by atoms with Crippen LogP contribution >= 0.6 is 11.6 Å². The van der Waals surface area contributed by atoms with E-state index in [9.17, 15) is 9.59 Å². The minimum Gasteiger partial charge on any atom is -0.378 e. The summed E-state index contributed by atoms with van der Waals surface area (Å²) in [4.78, 5) is 26.0. The Balaban J connectivity index is 2.02. The van der Waals surface area contributed by atoms with Crippen LogP contribution in [0.4, 0.5) is 11.4 Å². The Kier molecular flexibility index (Phi) is 5.33. The molecule has 2 unspecified atom stereocenters. The van der Waals surface area contributed by atoms with Gasteiger partial charge < -0.3 is 10.2 Å². The number of anilines is 2. The Labute approximate surface area is 162 Å². The van der Waals surface area contributed by atoms with Gasteiger partial charge in [-0.05, 0) is 61.4 Å². The minimum absolute atomic E-state index is 0.00131. The van der Waals surface area contributed by atoms with E-state index in [2.05, 4.69) is 10.6 Å². The van der Waals surface area contributed by atoms with Crippen molar-refractivity contribution in [2.75, 3.05) is 10.2 Å². The first-order valence-electron chi connectivity index (χ1n) is 8.56. The zero-order valence-corrected chi connectivity index (χ0v) is 15.7. The standard InChI is InChI=1S/C20H19ClN4O2/c1-12-9-18(24-16-6-4-15(21)5-7-16)17-10-14(20(27)23-11-22)3-8-19(17)25(12)13(2)26/h3-8,10,12,18,24H,9H2,1-2H3,(H,23,27). The van der Waals surface area contributed by atoms with Crippen LogP contribution in [0, 0.1) is 11.5 Å². The van der Waals surface area contributed by atoms with Crippen LogP contribution in [0.25, 0.3) is 0 Å². The average molecular weight is 383 g/mol. The molecule has 6 nitrogen and oxygen atoms in total. The average Bonchev–Trinajstić information content (AvgIpc) is 2.63. The molecule has 0 aromatic heterocycles. The summed E-state index contributed by atoms with van der Waals surface area (Å²) >= 11 is 5.96. The first kappa shape index (κ1) is 18.7. The van der Waals surface area contributed by atoms with Gasteiger partial charge in [0.15, 0.2) is 6.19 Å². The first-order chi connectivity index (χ1) is 12.9. The van der Waals surface area contributed by atoms with E-state index in [1.54, 1.807) is 41.4 Å². The highest BCUT2D eigenvalue weighted by Crippen LogP contribution is 2.39. The lowest BCUT2D eigenvalue weighted by Crippen LogP contribution is -2.43. The molecule has 0 fully saturated rings. The molecular formula is C20H19ClN4O2. The number of nitrogens with one attached hydrogen (secondary N) is 2. The maximum atomic E-state index is 12.2. The van der Waals surface area contributed by atoms with Gasteiger partial charge in [-0.25, -0.2) is 0 Å². The number of fused-ring (bicyclic) bond motifs is 1. The molecule has 0 saturated carbocycles. The molecule has 1 aliphatic rings. The Morgan fingerprint density at radius 3 is 2.56 bits per heavy atom. The Hall–Kier alpha value is -3.04. The molecule has 0 bridgehead atoms. The van der Waals surface area contributed by atoms with Crippen molar-refractivity contribution in [2.45, 2.75) is 32.4 Å². The monoisotopic (exact) mass is 382 g/mol. The van der Waals surface area contributed by atoms with Crippen LogP contribution in [0.3, 0.4) is 0 Å². The van der Waals surface area contributed by atoms with Crippen molar-refractivity contribution in [1.29, 1.82) is 5.26 Å². The molecule has 3 rings (SSSR count). The smallest absolute Gasteiger partial charge is 0.264 e. The van der Waals surface area contributed by atoms with Crippen LogP contribution < -0.4 is 15.5 Å². The second-order valence-corrected chi connectivity index (χ2v) is 6.95. The van der Waals surface area contributed by atoms with E-state index < -0.39 is 5.91 Å². The number of benzene rings is 2. The second-order valence-electron chi connectivity index (χ2n) is 6.52. The summed E-state index contributed by atoms with van der Waals surface area (Å²) in [5, 5.41) is 14.9. The summed E-state index contributed by atoms with van der Waals surface area (Å²) in [6.45, 7) is 3.53. The number of rotatable bonds is 3. The summed E-state index contributed by atoms with van der Waals surface area (Å²) in [5.41, 5.74) is 2.87. The maximum Gasteiger partial charge on any atom is 0.264 e. The lowest BCUT2D eigenvalue weighted by atomic mass is 9.90. The van der Waals surface area contributed by atoms with E-state index in [0.717, 1.165) is 16.9 Å². The zero-order chi connectivity index (χ0) is 19.6. The third kappa shape index (κ3) is 3.88. The van der Waals surface area contributed by atoms with Crippen molar-refractivity contribution < 1.29 is 9.59 Å². The molecule has 0 spiro atoms. The van der Waals surface area contributed by atoms with Gasteiger partial charge in [-0.15, -0.1) is 0 Å². The van der Waals surface area contributed by atoms with Gasteiger partial charge in [-0.2, -0.15) is 5.26 Å². The van der Waals surface area contributed by atoms with Crippen molar-refractivity contribution >= 4 is 34.8 Å². The Morgan fingerprint density at radius 2 is 1.93 bits per heavy atom. The molecule has 138 valence electrons. The van der Waals surface area contributed by atoms with Crippen molar-refractivity contribution in [3.63, 3.8) is 0 Å². The number of amides is 2. The molecule has 2 atom stereocenters. The molecule has 7 heteroatoms. The van der Waals surface area contributed by atoms with E-state index >= 15 is 0 Å². The fourth-order valence-electron chi connectivity index (χ4n) is 3.49. The molecule has 2 aromatic rings. The molecule has 2 aromatic carbocycles. The predicted molar refractivity (Wildman–Crippen MR) is 105 cm³/mol. The SMILES string of the molecule is CC(=O)N1c2ccc(C(=O)NC#N)cc2C(Nc2ccc(Cl)cc2)CC1C. The van der Waals surface area contributed by atoms with Gasteiger partial charge in [0.2, 0.25) is 5.91 Å².